The fourth-order valence-electron chi connectivity index (χ4n) is 1.36. The van der Waals surface area contributed by atoms with Crippen molar-refractivity contribution in [1.82, 2.24) is 0 Å². The van der Waals surface area contributed by atoms with E-state index in [1.807, 2.05) is 13.0 Å². The maximum Gasteiger partial charge on any atom is 0.310 e. The predicted octanol–water partition coefficient (Wildman–Crippen LogP) is 1.81. The van der Waals surface area contributed by atoms with Gasteiger partial charge in [0.25, 0.3) is 0 Å². The molecule has 0 aliphatic heterocycles. The Morgan fingerprint density at radius 3 is 2.62 bits per heavy atom. The van der Waals surface area contributed by atoms with Crippen LogP contribution >= 0.6 is 0 Å². The van der Waals surface area contributed by atoms with E-state index in [0.29, 0.717) is 12.4 Å². The molecule has 1 aromatic rings. The Morgan fingerprint density at radius 1 is 1.31 bits per heavy atom. The van der Waals surface area contributed by atoms with Gasteiger partial charge in [-0.1, -0.05) is 6.07 Å². The van der Waals surface area contributed by atoms with Crippen molar-refractivity contribution in [2.45, 2.75) is 13.3 Å². The maximum absolute atomic E-state index is 11.2. The molecule has 0 aliphatic rings. The third-order valence-electron chi connectivity index (χ3n) is 2.13. The van der Waals surface area contributed by atoms with E-state index in [1.165, 1.54) is 7.11 Å². The Hall–Kier alpha value is -1.71. The van der Waals surface area contributed by atoms with Crippen LogP contribution in [-0.2, 0) is 16.0 Å². The third kappa shape index (κ3) is 3.15. The van der Waals surface area contributed by atoms with Crippen LogP contribution in [0.25, 0.3) is 0 Å². The molecule has 0 radical (unpaired) electrons. The summed E-state index contributed by atoms with van der Waals surface area (Å²) in [5.41, 5.74) is 0.790. The van der Waals surface area contributed by atoms with Crippen molar-refractivity contribution in [3.63, 3.8) is 0 Å². The lowest BCUT2D eigenvalue weighted by Crippen LogP contribution is -2.06. The first-order valence-electron chi connectivity index (χ1n) is 5.07. The third-order valence-corrected chi connectivity index (χ3v) is 2.13. The molecule has 1 aromatic carbocycles. The summed E-state index contributed by atoms with van der Waals surface area (Å²) in [6.07, 6.45) is 0.200. The zero-order valence-corrected chi connectivity index (χ0v) is 9.78. The van der Waals surface area contributed by atoms with Crippen molar-refractivity contribution < 1.29 is 19.0 Å². The van der Waals surface area contributed by atoms with E-state index in [2.05, 4.69) is 4.74 Å². The molecular weight excluding hydrogens is 208 g/mol. The lowest BCUT2D eigenvalue weighted by molar-refractivity contribution is -0.139. The molecule has 88 valence electrons. The number of esters is 1. The number of carbonyl (C=O) groups is 1. The average molecular weight is 224 g/mol. The summed E-state index contributed by atoms with van der Waals surface area (Å²) in [6, 6.07) is 5.38. The fraction of sp³-hybridized carbons (Fsp3) is 0.417. The molecule has 4 nitrogen and oxygen atoms in total. The van der Waals surface area contributed by atoms with Gasteiger partial charge in [-0.05, 0) is 13.0 Å². The molecule has 1 rings (SSSR count). The van der Waals surface area contributed by atoms with Crippen LogP contribution in [0.1, 0.15) is 12.5 Å². The molecule has 0 amide bonds. The first kappa shape index (κ1) is 12.4. The van der Waals surface area contributed by atoms with Crippen LogP contribution in [0.2, 0.25) is 0 Å². The highest BCUT2D eigenvalue weighted by Crippen LogP contribution is 2.25. The van der Waals surface area contributed by atoms with Crippen LogP contribution in [-0.4, -0.2) is 26.8 Å². The van der Waals surface area contributed by atoms with E-state index in [-0.39, 0.29) is 12.4 Å². The molecule has 4 heteroatoms. The molecular formula is C12H16O4. The van der Waals surface area contributed by atoms with Crippen LogP contribution in [0.4, 0.5) is 0 Å². The lowest BCUT2D eigenvalue weighted by Gasteiger charge is -2.10. The topological polar surface area (TPSA) is 44.8 Å². The highest BCUT2D eigenvalue weighted by Gasteiger charge is 2.09. The summed E-state index contributed by atoms with van der Waals surface area (Å²) >= 11 is 0. The van der Waals surface area contributed by atoms with Gasteiger partial charge in [-0.2, -0.15) is 0 Å². The summed E-state index contributed by atoms with van der Waals surface area (Å²) in [5, 5.41) is 0. The minimum Gasteiger partial charge on any atom is -0.496 e. The molecule has 0 bridgehead atoms. The average Bonchev–Trinajstić information content (AvgIpc) is 2.31. The number of rotatable bonds is 5. The Kier molecular flexibility index (Phi) is 4.64. The Labute approximate surface area is 95.1 Å². The van der Waals surface area contributed by atoms with E-state index < -0.39 is 0 Å². The molecule has 0 saturated carbocycles. The zero-order chi connectivity index (χ0) is 12.0. The quantitative estimate of drug-likeness (QED) is 0.715. The van der Waals surface area contributed by atoms with Gasteiger partial charge in [0.05, 0.1) is 27.2 Å². The predicted molar refractivity (Wildman–Crippen MR) is 59.9 cm³/mol. The number of benzene rings is 1. The van der Waals surface area contributed by atoms with Crippen LogP contribution in [0.15, 0.2) is 18.2 Å². The second-order valence-corrected chi connectivity index (χ2v) is 3.16. The summed E-state index contributed by atoms with van der Waals surface area (Å²) < 4.78 is 15.1. The van der Waals surface area contributed by atoms with Crippen molar-refractivity contribution in [2.24, 2.45) is 0 Å². The Morgan fingerprint density at radius 2 is 2.06 bits per heavy atom. The van der Waals surface area contributed by atoms with Crippen molar-refractivity contribution in [3.8, 4) is 11.5 Å². The number of hydrogen-bond acceptors (Lipinski definition) is 4. The van der Waals surface area contributed by atoms with Crippen LogP contribution in [0.5, 0.6) is 11.5 Å². The first-order valence-corrected chi connectivity index (χ1v) is 5.07. The number of hydrogen-bond donors (Lipinski definition) is 0. The monoisotopic (exact) mass is 224 g/mol. The summed E-state index contributed by atoms with van der Waals surface area (Å²) in [5.74, 6) is 1.08. The number of methoxy groups -OCH3 is 2. The minimum absolute atomic E-state index is 0.200. The van der Waals surface area contributed by atoms with Crippen molar-refractivity contribution in [1.29, 1.82) is 0 Å². The van der Waals surface area contributed by atoms with Gasteiger partial charge >= 0.3 is 5.97 Å². The highest BCUT2D eigenvalue weighted by atomic mass is 16.5. The minimum atomic E-state index is -0.289. The van der Waals surface area contributed by atoms with E-state index >= 15 is 0 Å². The van der Waals surface area contributed by atoms with E-state index in [1.54, 1.807) is 19.2 Å². The second-order valence-electron chi connectivity index (χ2n) is 3.16. The zero-order valence-electron chi connectivity index (χ0n) is 9.78. The summed E-state index contributed by atoms with van der Waals surface area (Å²) in [7, 11) is 2.93. The van der Waals surface area contributed by atoms with Gasteiger partial charge in [0.1, 0.15) is 11.5 Å². The number of ether oxygens (including phenoxy) is 3. The molecule has 0 saturated heterocycles. The van der Waals surface area contributed by atoms with Gasteiger partial charge in [0.2, 0.25) is 0 Å². The van der Waals surface area contributed by atoms with Gasteiger partial charge in [-0.15, -0.1) is 0 Å². The van der Waals surface area contributed by atoms with Crippen LogP contribution < -0.4 is 9.47 Å². The Bertz CT molecular complexity index is 360. The highest BCUT2D eigenvalue weighted by molar-refractivity contribution is 5.73. The molecule has 0 aliphatic carbocycles. The lowest BCUT2D eigenvalue weighted by atomic mass is 10.1. The van der Waals surface area contributed by atoms with Crippen LogP contribution in [0.3, 0.4) is 0 Å². The van der Waals surface area contributed by atoms with Gasteiger partial charge < -0.3 is 14.2 Å². The molecule has 0 N–H and O–H groups in total. The first-order chi connectivity index (χ1) is 7.71. The maximum atomic E-state index is 11.2. The molecule has 0 heterocycles. The van der Waals surface area contributed by atoms with E-state index in [9.17, 15) is 4.79 Å². The van der Waals surface area contributed by atoms with Gasteiger partial charge in [0, 0.05) is 11.6 Å². The van der Waals surface area contributed by atoms with Gasteiger partial charge in [-0.3, -0.25) is 4.79 Å². The normalized spacial score (nSPS) is 9.69. The van der Waals surface area contributed by atoms with Crippen molar-refractivity contribution >= 4 is 5.97 Å². The summed E-state index contributed by atoms with van der Waals surface area (Å²) in [6.45, 7) is 2.51. The van der Waals surface area contributed by atoms with E-state index in [4.69, 9.17) is 9.47 Å². The van der Waals surface area contributed by atoms with Gasteiger partial charge in [0.15, 0.2) is 0 Å². The largest absolute Gasteiger partial charge is 0.496 e. The van der Waals surface area contributed by atoms with Crippen molar-refractivity contribution in [3.05, 3.63) is 23.8 Å². The van der Waals surface area contributed by atoms with E-state index in [0.717, 1.165) is 11.3 Å². The Balaban J connectivity index is 2.88. The molecule has 0 spiro atoms. The van der Waals surface area contributed by atoms with Gasteiger partial charge in [-0.25, -0.2) is 0 Å². The smallest absolute Gasteiger partial charge is 0.310 e. The molecule has 0 aromatic heterocycles. The van der Waals surface area contributed by atoms with Crippen LogP contribution in [0, 0.1) is 0 Å². The van der Waals surface area contributed by atoms with Crippen molar-refractivity contribution in [2.75, 3.05) is 20.8 Å². The molecule has 0 atom stereocenters. The standard InChI is InChI=1S/C12H16O4/c1-4-16-10-6-5-9(7-12(13)15-3)11(8-10)14-2/h5-6,8H,4,7H2,1-3H3. The number of carbonyl (C=O) groups excluding carboxylic acids is 1. The fourth-order valence-corrected chi connectivity index (χ4v) is 1.36. The molecule has 0 unspecified atom stereocenters. The SMILES string of the molecule is CCOc1ccc(CC(=O)OC)c(OC)c1. The second kappa shape index (κ2) is 6.00. The summed E-state index contributed by atoms with van der Waals surface area (Å²) in [4.78, 5) is 11.2. The molecule has 16 heavy (non-hydrogen) atoms. The molecule has 0 fully saturated rings.